The van der Waals surface area contributed by atoms with Gasteiger partial charge in [0.2, 0.25) is 0 Å². The van der Waals surface area contributed by atoms with Gasteiger partial charge in [-0.25, -0.2) is 0 Å². The Morgan fingerprint density at radius 2 is 1.54 bits per heavy atom. The lowest BCUT2D eigenvalue weighted by molar-refractivity contribution is -0.135. The van der Waals surface area contributed by atoms with Gasteiger partial charge in [0, 0.05) is 18.4 Å². The molecular weight excluding hydrogens is 300 g/mol. The van der Waals surface area contributed by atoms with Crippen molar-refractivity contribution in [1.29, 1.82) is 0 Å². The van der Waals surface area contributed by atoms with Gasteiger partial charge in [0.05, 0.1) is 19.3 Å². The van der Waals surface area contributed by atoms with Gasteiger partial charge in [-0.05, 0) is 23.7 Å². The van der Waals surface area contributed by atoms with Crippen LogP contribution in [0.15, 0.2) is 0 Å². The monoisotopic (exact) mass is 342 g/mol. The quantitative estimate of drug-likeness (QED) is 0.414. The molecule has 0 N–H and O–H groups in total. The molecule has 0 aliphatic carbocycles. The average Bonchev–Trinajstić information content (AvgIpc) is 2.52. The zero-order valence-electron chi connectivity index (χ0n) is 17.7. The second kappa shape index (κ2) is 10.6. The molecule has 0 fully saturated rings. The first-order chi connectivity index (χ1) is 11.0. The van der Waals surface area contributed by atoms with Gasteiger partial charge in [0.25, 0.3) is 0 Å². The highest BCUT2D eigenvalue weighted by atomic mass is 16.5. The molecule has 0 aliphatic rings. The summed E-state index contributed by atoms with van der Waals surface area (Å²) in [6, 6.07) is 0. The van der Waals surface area contributed by atoms with E-state index >= 15 is 0 Å². The van der Waals surface area contributed by atoms with E-state index in [1.54, 1.807) is 0 Å². The molecule has 3 nitrogen and oxygen atoms in total. The standard InChI is InChI=1S/C21H42O3/c1-10-18(22)21(8,9)17(5)19(16(3)4)24-15-14-23-13-12-20(6,7)11-2/h16-17,19H,10-15H2,1-9H3. The fourth-order valence-electron chi connectivity index (χ4n) is 2.90. The lowest BCUT2D eigenvalue weighted by Gasteiger charge is -2.38. The van der Waals surface area contributed by atoms with Crippen molar-refractivity contribution in [3.05, 3.63) is 0 Å². The molecule has 2 unspecified atom stereocenters. The van der Waals surface area contributed by atoms with E-state index in [4.69, 9.17) is 9.47 Å². The summed E-state index contributed by atoms with van der Waals surface area (Å²) in [4.78, 5) is 12.3. The van der Waals surface area contributed by atoms with Crippen molar-refractivity contribution < 1.29 is 14.3 Å². The van der Waals surface area contributed by atoms with Gasteiger partial charge >= 0.3 is 0 Å². The van der Waals surface area contributed by atoms with Crippen LogP contribution in [0.5, 0.6) is 0 Å². The lowest BCUT2D eigenvalue weighted by Crippen LogP contribution is -2.42. The van der Waals surface area contributed by atoms with Gasteiger partial charge in [-0.1, -0.05) is 68.7 Å². The highest BCUT2D eigenvalue weighted by Crippen LogP contribution is 2.35. The van der Waals surface area contributed by atoms with Crippen LogP contribution in [0.25, 0.3) is 0 Å². The maximum atomic E-state index is 12.3. The Labute approximate surface area is 150 Å². The van der Waals surface area contributed by atoms with Crippen molar-refractivity contribution in [3.63, 3.8) is 0 Å². The smallest absolute Gasteiger partial charge is 0.138 e. The summed E-state index contributed by atoms with van der Waals surface area (Å²) in [5.74, 6) is 0.870. The summed E-state index contributed by atoms with van der Waals surface area (Å²) in [6.45, 7) is 21.3. The second-order valence-corrected chi connectivity index (χ2v) is 8.75. The Kier molecular flexibility index (Phi) is 10.4. The average molecular weight is 343 g/mol. The fraction of sp³-hybridized carbons (Fsp3) is 0.952. The zero-order valence-corrected chi connectivity index (χ0v) is 17.7. The summed E-state index contributed by atoms with van der Waals surface area (Å²) in [5.41, 5.74) is -0.00390. The molecule has 0 heterocycles. The number of carbonyl (C=O) groups is 1. The molecule has 0 amide bonds. The van der Waals surface area contributed by atoms with Crippen LogP contribution >= 0.6 is 0 Å². The van der Waals surface area contributed by atoms with Gasteiger partial charge in [-0.2, -0.15) is 0 Å². The van der Waals surface area contributed by atoms with Crippen molar-refractivity contribution in [2.75, 3.05) is 19.8 Å². The van der Waals surface area contributed by atoms with Crippen molar-refractivity contribution in [3.8, 4) is 0 Å². The minimum absolute atomic E-state index is 0.0752. The van der Waals surface area contributed by atoms with Crippen LogP contribution < -0.4 is 0 Å². The van der Waals surface area contributed by atoms with Crippen molar-refractivity contribution in [1.82, 2.24) is 0 Å². The minimum Gasteiger partial charge on any atom is -0.379 e. The van der Waals surface area contributed by atoms with Crippen LogP contribution in [0.2, 0.25) is 0 Å². The summed E-state index contributed by atoms with van der Waals surface area (Å²) in [6.07, 6.45) is 2.90. The third-order valence-electron chi connectivity index (χ3n) is 5.75. The Balaban J connectivity index is 4.39. The maximum Gasteiger partial charge on any atom is 0.138 e. The third-order valence-corrected chi connectivity index (χ3v) is 5.75. The van der Waals surface area contributed by atoms with E-state index < -0.39 is 0 Å². The predicted octanol–water partition coefficient (Wildman–Crippen LogP) is 5.51. The van der Waals surface area contributed by atoms with Crippen LogP contribution in [0.3, 0.4) is 0 Å². The largest absolute Gasteiger partial charge is 0.379 e. The topological polar surface area (TPSA) is 35.5 Å². The highest BCUT2D eigenvalue weighted by Gasteiger charge is 2.38. The Hall–Kier alpha value is -0.410. The van der Waals surface area contributed by atoms with E-state index in [1.165, 1.54) is 6.42 Å². The van der Waals surface area contributed by atoms with Gasteiger partial charge in [-0.3, -0.25) is 4.79 Å². The molecule has 144 valence electrons. The molecule has 0 saturated heterocycles. The molecule has 24 heavy (non-hydrogen) atoms. The highest BCUT2D eigenvalue weighted by molar-refractivity contribution is 5.84. The number of ketones is 1. The number of hydrogen-bond donors (Lipinski definition) is 0. The van der Waals surface area contributed by atoms with Crippen molar-refractivity contribution >= 4 is 5.78 Å². The minimum atomic E-state index is -0.351. The Morgan fingerprint density at radius 1 is 0.958 bits per heavy atom. The summed E-state index contributed by atoms with van der Waals surface area (Å²) < 4.78 is 11.9. The van der Waals surface area contributed by atoms with Gasteiger partial charge in [0.1, 0.15) is 5.78 Å². The van der Waals surface area contributed by atoms with Crippen LogP contribution in [0, 0.1) is 22.7 Å². The van der Waals surface area contributed by atoms with E-state index in [0.29, 0.717) is 36.8 Å². The van der Waals surface area contributed by atoms with E-state index in [9.17, 15) is 4.79 Å². The second-order valence-electron chi connectivity index (χ2n) is 8.75. The molecule has 2 atom stereocenters. The van der Waals surface area contributed by atoms with Crippen LogP contribution in [0.4, 0.5) is 0 Å². The molecule has 0 aromatic heterocycles. The molecule has 3 heteroatoms. The van der Waals surface area contributed by atoms with E-state index in [-0.39, 0.29) is 17.4 Å². The normalized spacial score (nSPS) is 15.6. The maximum absolute atomic E-state index is 12.3. The summed E-state index contributed by atoms with van der Waals surface area (Å²) in [5, 5.41) is 0. The molecule has 0 aliphatic heterocycles. The molecule has 0 rings (SSSR count). The molecule has 0 aromatic rings. The van der Waals surface area contributed by atoms with Gasteiger partial charge in [0.15, 0.2) is 0 Å². The lowest BCUT2D eigenvalue weighted by atomic mass is 9.71. The third kappa shape index (κ3) is 7.65. The number of rotatable bonds is 13. The SMILES string of the molecule is CCC(=O)C(C)(C)C(C)C(OCCOCCC(C)(C)CC)C(C)C. The first-order valence-corrected chi connectivity index (χ1v) is 9.72. The van der Waals surface area contributed by atoms with E-state index in [0.717, 1.165) is 13.0 Å². The van der Waals surface area contributed by atoms with E-state index in [2.05, 4.69) is 41.5 Å². The molecular formula is C21H42O3. The molecule has 0 saturated carbocycles. The molecule has 0 spiro atoms. The first-order valence-electron chi connectivity index (χ1n) is 9.72. The molecule has 0 aromatic carbocycles. The summed E-state index contributed by atoms with van der Waals surface area (Å²) >= 11 is 0. The summed E-state index contributed by atoms with van der Waals surface area (Å²) in [7, 11) is 0. The molecule has 0 bridgehead atoms. The van der Waals surface area contributed by atoms with E-state index in [1.807, 2.05) is 20.8 Å². The zero-order chi connectivity index (χ0) is 19.0. The number of ether oxygens (including phenoxy) is 2. The number of Topliss-reactive ketones (excluding diaryl/α,β-unsaturated/α-hetero) is 1. The fourth-order valence-corrected chi connectivity index (χ4v) is 2.90. The van der Waals surface area contributed by atoms with Crippen LogP contribution in [-0.4, -0.2) is 31.7 Å². The van der Waals surface area contributed by atoms with Crippen molar-refractivity contribution in [2.24, 2.45) is 22.7 Å². The molecule has 0 radical (unpaired) electrons. The Bertz CT molecular complexity index is 358. The number of hydrogen-bond acceptors (Lipinski definition) is 3. The van der Waals surface area contributed by atoms with Crippen molar-refractivity contribution in [2.45, 2.75) is 87.7 Å². The predicted molar refractivity (Wildman–Crippen MR) is 102 cm³/mol. The number of carbonyl (C=O) groups excluding carboxylic acids is 1. The Morgan fingerprint density at radius 3 is 2.00 bits per heavy atom. The van der Waals surface area contributed by atoms with Crippen LogP contribution in [0.1, 0.15) is 81.6 Å². The first kappa shape index (κ1) is 23.6. The van der Waals surface area contributed by atoms with Gasteiger partial charge in [-0.15, -0.1) is 0 Å². The van der Waals surface area contributed by atoms with Gasteiger partial charge < -0.3 is 9.47 Å². The van der Waals surface area contributed by atoms with Crippen LogP contribution in [-0.2, 0) is 14.3 Å².